The number of rotatable bonds is 3. The van der Waals surface area contributed by atoms with Crippen LogP contribution in [0.3, 0.4) is 0 Å². The first-order valence-corrected chi connectivity index (χ1v) is 7.96. The van der Waals surface area contributed by atoms with Gasteiger partial charge in [-0.3, -0.25) is 4.90 Å². The molecule has 0 aromatic heterocycles. The molecule has 110 valence electrons. The van der Waals surface area contributed by atoms with Crippen molar-refractivity contribution in [1.82, 2.24) is 4.90 Å². The molecular weight excluding hydrogens is 326 g/mol. The summed E-state index contributed by atoms with van der Waals surface area (Å²) in [5.74, 6) is -2.51. The van der Waals surface area contributed by atoms with Crippen molar-refractivity contribution in [2.45, 2.75) is 31.7 Å². The minimum absolute atomic E-state index is 0.0113. The third-order valence-electron chi connectivity index (χ3n) is 4.14. The number of halogens is 3. The summed E-state index contributed by atoms with van der Waals surface area (Å²) >= 11 is 3.51. The summed E-state index contributed by atoms with van der Waals surface area (Å²) in [6.45, 7) is 3.14. The lowest BCUT2D eigenvalue weighted by atomic mass is 10.1. The maximum absolute atomic E-state index is 13.3. The zero-order valence-corrected chi connectivity index (χ0v) is 13.0. The van der Waals surface area contributed by atoms with E-state index in [1.807, 2.05) is 11.0 Å². The SMILES string of the molecule is FC1(F)CCN(Cc2ccc(Br)cc2N2CCCC2)C1. The molecule has 0 atom stereocenters. The molecule has 20 heavy (non-hydrogen) atoms. The average Bonchev–Trinajstić information content (AvgIpc) is 3.01. The second kappa shape index (κ2) is 5.60. The molecule has 0 saturated carbocycles. The van der Waals surface area contributed by atoms with Gasteiger partial charge in [-0.25, -0.2) is 8.78 Å². The van der Waals surface area contributed by atoms with Crippen LogP contribution in [-0.4, -0.2) is 37.0 Å². The van der Waals surface area contributed by atoms with Crippen LogP contribution in [0.2, 0.25) is 0 Å². The van der Waals surface area contributed by atoms with Crippen molar-refractivity contribution < 1.29 is 8.78 Å². The van der Waals surface area contributed by atoms with Gasteiger partial charge in [-0.15, -0.1) is 0 Å². The Labute approximate surface area is 126 Å². The van der Waals surface area contributed by atoms with E-state index in [1.165, 1.54) is 18.5 Å². The molecule has 0 N–H and O–H groups in total. The highest BCUT2D eigenvalue weighted by molar-refractivity contribution is 9.10. The van der Waals surface area contributed by atoms with Crippen LogP contribution >= 0.6 is 15.9 Å². The lowest BCUT2D eigenvalue weighted by Crippen LogP contribution is -2.26. The van der Waals surface area contributed by atoms with Gasteiger partial charge in [0.2, 0.25) is 0 Å². The number of likely N-dealkylation sites (tertiary alicyclic amines) is 1. The summed E-state index contributed by atoms with van der Waals surface area (Å²) < 4.78 is 27.7. The average molecular weight is 345 g/mol. The van der Waals surface area contributed by atoms with Crippen molar-refractivity contribution in [3.8, 4) is 0 Å². The molecule has 0 radical (unpaired) electrons. The zero-order chi connectivity index (χ0) is 14.2. The van der Waals surface area contributed by atoms with Crippen LogP contribution in [0.25, 0.3) is 0 Å². The third kappa shape index (κ3) is 3.14. The highest BCUT2D eigenvalue weighted by atomic mass is 79.9. The maximum Gasteiger partial charge on any atom is 0.261 e. The molecule has 0 unspecified atom stereocenters. The van der Waals surface area contributed by atoms with E-state index in [-0.39, 0.29) is 13.0 Å². The molecular formula is C15H19BrF2N2. The van der Waals surface area contributed by atoms with Crippen molar-refractivity contribution in [3.63, 3.8) is 0 Å². The van der Waals surface area contributed by atoms with Gasteiger partial charge < -0.3 is 4.90 Å². The molecule has 2 saturated heterocycles. The standard InChI is InChI=1S/C15H19BrF2N2/c16-13-4-3-12(10-19-8-5-15(17,18)11-19)14(9-13)20-6-1-2-7-20/h3-4,9H,1-2,5-8,10-11H2. The fraction of sp³-hybridized carbons (Fsp3) is 0.600. The molecule has 3 rings (SSSR count). The predicted molar refractivity (Wildman–Crippen MR) is 80.4 cm³/mol. The highest BCUT2D eigenvalue weighted by Gasteiger charge is 2.38. The van der Waals surface area contributed by atoms with Crippen LogP contribution in [0, 0.1) is 0 Å². The Morgan fingerprint density at radius 2 is 1.90 bits per heavy atom. The first-order chi connectivity index (χ1) is 9.53. The quantitative estimate of drug-likeness (QED) is 0.820. The van der Waals surface area contributed by atoms with E-state index < -0.39 is 5.92 Å². The normalized spacial score (nSPS) is 22.6. The maximum atomic E-state index is 13.3. The van der Waals surface area contributed by atoms with Crippen molar-refractivity contribution >= 4 is 21.6 Å². The van der Waals surface area contributed by atoms with Crippen molar-refractivity contribution in [2.75, 3.05) is 31.1 Å². The summed E-state index contributed by atoms with van der Waals surface area (Å²) in [5, 5.41) is 0. The van der Waals surface area contributed by atoms with Crippen molar-refractivity contribution in [3.05, 3.63) is 28.2 Å². The van der Waals surface area contributed by atoms with Crippen LogP contribution in [-0.2, 0) is 6.54 Å². The first-order valence-electron chi connectivity index (χ1n) is 7.17. The minimum atomic E-state index is -2.51. The molecule has 0 amide bonds. The van der Waals surface area contributed by atoms with Gasteiger partial charge in [0.15, 0.2) is 0 Å². The fourth-order valence-electron chi connectivity index (χ4n) is 3.11. The first kappa shape index (κ1) is 14.3. The third-order valence-corrected chi connectivity index (χ3v) is 4.63. The number of alkyl halides is 2. The number of hydrogen-bond donors (Lipinski definition) is 0. The molecule has 2 nitrogen and oxygen atoms in total. The molecule has 2 aliphatic rings. The molecule has 0 spiro atoms. The highest BCUT2D eigenvalue weighted by Crippen LogP contribution is 2.32. The Bertz CT molecular complexity index is 487. The zero-order valence-electron chi connectivity index (χ0n) is 11.4. The molecule has 2 fully saturated rings. The smallest absolute Gasteiger partial charge is 0.261 e. The number of anilines is 1. The fourth-order valence-corrected chi connectivity index (χ4v) is 3.45. The summed E-state index contributed by atoms with van der Waals surface area (Å²) in [7, 11) is 0. The van der Waals surface area contributed by atoms with Crippen molar-refractivity contribution in [1.29, 1.82) is 0 Å². The van der Waals surface area contributed by atoms with Crippen LogP contribution in [0.15, 0.2) is 22.7 Å². The Morgan fingerprint density at radius 1 is 1.15 bits per heavy atom. The number of nitrogens with zero attached hydrogens (tertiary/aromatic N) is 2. The topological polar surface area (TPSA) is 6.48 Å². The van der Waals surface area contributed by atoms with Gasteiger partial charge >= 0.3 is 0 Å². The largest absolute Gasteiger partial charge is 0.371 e. The van der Waals surface area contributed by atoms with E-state index in [9.17, 15) is 8.78 Å². The van der Waals surface area contributed by atoms with E-state index >= 15 is 0 Å². The van der Waals surface area contributed by atoms with Gasteiger partial charge in [0.1, 0.15) is 0 Å². The summed E-state index contributed by atoms with van der Waals surface area (Å²) in [6.07, 6.45) is 2.42. The van der Waals surface area contributed by atoms with E-state index in [0.29, 0.717) is 13.1 Å². The van der Waals surface area contributed by atoms with E-state index in [1.54, 1.807) is 0 Å². The monoisotopic (exact) mass is 344 g/mol. The van der Waals surface area contributed by atoms with Crippen LogP contribution in [0.4, 0.5) is 14.5 Å². The molecule has 0 aliphatic carbocycles. The van der Waals surface area contributed by atoms with E-state index in [4.69, 9.17) is 0 Å². The lowest BCUT2D eigenvalue weighted by Gasteiger charge is -2.24. The Morgan fingerprint density at radius 3 is 2.55 bits per heavy atom. The second-order valence-electron chi connectivity index (χ2n) is 5.78. The van der Waals surface area contributed by atoms with E-state index in [2.05, 4.69) is 33.0 Å². The second-order valence-corrected chi connectivity index (χ2v) is 6.70. The predicted octanol–water partition coefficient (Wildman–Crippen LogP) is 3.89. The molecule has 5 heteroatoms. The number of benzene rings is 1. The Balaban J connectivity index is 1.78. The molecule has 1 aromatic rings. The van der Waals surface area contributed by atoms with Crippen molar-refractivity contribution in [2.24, 2.45) is 0 Å². The Kier molecular flexibility index (Phi) is 4.00. The van der Waals surface area contributed by atoms with Gasteiger partial charge in [-0.2, -0.15) is 0 Å². The summed E-state index contributed by atoms with van der Waals surface area (Å²) in [4.78, 5) is 4.23. The van der Waals surface area contributed by atoms with Crippen LogP contribution in [0.1, 0.15) is 24.8 Å². The molecule has 2 heterocycles. The van der Waals surface area contributed by atoms with E-state index in [0.717, 1.165) is 23.1 Å². The van der Waals surface area contributed by atoms with Gasteiger partial charge in [-0.05, 0) is 30.5 Å². The molecule has 1 aromatic carbocycles. The van der Waals surface area contributed by atoms with Gasteiger partial charge in [0, 0.05) is 42.8 Å². The minimum Gasteiger partial charge on any atom is -0.371 e. The van der Waals surface area contributed by atoms with Gasteiger partial charge in [-0.1, -0.05) is 22.0 Å². The van der Waals surface area contributed by atoms with Crippen LogP contribution in [0.5, 0.6) is 0 Å². The van der Waals surface area contributed by atoms with Gasteiger partial charge in [0.25, 0.3) is 5.92 Å². The van der Waals surface area contributed by atoms with Crippen LogP contribution < -0.4 is 4.90 Å². The Hall–Kier alpha value is -0.680. The number of hydrogen-bond acceptors (Lipinski definition) is 2. The lowest BCUT2D eigenvalue weighted by molar-refractivity contribution is 0.0115. The van der Waals surface area contributed by atoms with Gasteiger partial charge in [0.05, 0.1) is 6.54 Å². The molecule has 0 bridgehead atoms. The summed E-state index contributed by atoms with van der Waals surface area (Å²) in [6, 6.07) is 6.19. The molecule has 2 aliphatic heterocycles. The summed E-state index contributed by atoms with van der Waals surface area (Å²) in [5.41, 5.74) is 2.36.